The summed E-state index contributed by atoms with van der Waals surface area (Å²) in [7, 11) is 1.87. The zero-order chi connectivity index (χ0) is 13.8. The number of rotatable bonds is 5. The average Bonchev–Trinajstić information content (AvgIpc) is 2.48. The van der Waals surface area contributed by atoms with E-state index in [1.807, 2.05) is 30.3 Å². The van der Waals surface area contributed by atoms with Crippen LogP contribution < -0.4 is 4.84 Å². The SMILES string of the molecule is CCCCCCl.c1ccc(On2pn[pH][nH][pH]2)cc1. The third-order valence-electron chi connectivity index (χ3n) is 2.06. The van der Waals surface area contributed by atoms with Gasteiger partial charge in [-0.3, -0.25) is 0 Å². The van der Waals surface area contributed by atoms with Crippen LogP contribution >= 0.6 is 37.1 Å². The van der Waals surface area contributed by atoms with Crippen LogP contribution in [-0.2, 0) is 0 Å². The summed E-state index contributed by atoms with van der Waals surface area (Å²) in [5, 5.41) is 0. The van der Waals surface area contributed by atoms with E-state index in [0.717, 1.165) is 20.1 Å². The van der Waals surface area contributed by atoms with Crippen LogP contribution in [0.5, 0.6) is 5.75 Å². The smallest absolute Gasteiger partial charge is 0.182 e. The number of nitrogens with one attached hydrogen (secondary N) is 1. The maximum absolute atomic E-state index is 5.54. The minimum Gasteiger partial charge on any atom is -0.366 e. The molecule has 0 spiro atoms. The Balaban J connectivity index is 0.000000258. The summed E-state index contributed by atoms with van der Waals surface area (Å²) in [4.78, 5) is 5.54. The summed E-state index contributed by atoms with van der Waals surface area (Å²) in [5.74, 6) is 1.68. The molecule has 0 aliphatic heterocycles. The predicted molar refractivity (Wildman–Crippen MR) is 88.4 cm³/mol. The van der Waals surface area contributed by atoms with E-state index in [2.05, 4.69) is 15.9 Å². The van der Waals surface area contributed by atoms with Crippen molar-refractivity contribution < 1.29 is 4.84 Å². The van der Waals surface area contributed by atoms with Crippen molar-refractivity contribution in [1.82, 2.24) is 13.3 Å². The van der Waals surface area contributed by atoms with Gasteiger partial charge in [0.05, 0.1) is 8.51 Å². The van der Waals surface area contributed by atoms with Crippen LogP contribution in [0.1, 0.15) is 26.2 Å². The fraction of sp³-hybridized carbons (Fsp3) is 0.455. The van der Waals surface area contributed by atoms with E-state index in [1.165, 1.54) is 19.3 Å². The Labute approximate surface area is 123 Å². The Morgan fingerprint density at radius 2 is 2.16 bits per heavy atom. The number of hydrogen-bond donors (Lipinski definition) is 1. The normalized spacial score (nSPS) is 10.6. The van der Waals surface area contributed by atoms with Gasteiger partial charge in [0, 0.05) is 14.4 Å². The van der Waals surface area contributed by atoms with Crippen LogP contribution in [0.25, 0.3) is 0 Å². The summed E-state index contributed by atoms with van der Waals surface area (Å²) >= 11 is 5.38. The van der Waals surface area contributed by atoms with Crippen molar-refractivity contribution in [1.29, 1.82) is 0 Å². The molecule has 1 N–H and O–H groups in total. The maximum Gasteiger partial charge on any atom is 0.182 e. The second-order valence-corrected chi connectivity index (χ2v) is 7.56. The molecule has 0 saturated carbocycles. The standard InChI is InChI=1S/C6H8N3OP3.C5H11Cl/c1-2-4-6(5-3-1)10-9-12-7-11-8-13-9;1-2-3-4-5-6/h1-5,7,11-12H;2-5H2,1H3. The van der Waals surface area contributed by atoms with Gasteiger partial charge in [-0.15, -0.1) is 15.9 Å². The molecule has 0 bridgehead atoms. The van der Waals surface area contributed by atoms with Gasteiger partial charge < -0.3 is 9.35 Å². The number of hydrogen-bond acceptors (Lipinski definition) is 2. The topological polar surface area (TPSA) is 42.8 Å². The molecule has 4 nitrogen and oxygen atoms in total. The molecule has 2 unspecified atom stereocenters. The Morgan fingerprint density at radius 3 is 2.68 bits per heavy atom. The van der Waals surface area contributed by atoms with Crippen molar-refractivity contribution in [3.8, 4) is 5.75 Å². The number of para-hydroxylation sites is 1. The first kappa shape index (κ1) is 16.7. The van der Waals surface area contributed by atoms with Crippen LogP contribution in [0.4, 0.5) is 0 Å². The number of H-pyrrole nitrogens is 1. The molecule has 0 aliphatic rings. The number of halogens is 1. The summed E-state index contributed by atoms with van der Waals surface area (Å²) in [6.07, 6.45) is 3.73. The highest BCUT2D eigenvalue weighted by Gasteiger charge is 1.91. The van der Waals surface area contributed by atoms with E-state index < -0.39 is 0 Å². The first-order chi connectivity index (χ1) is 9.36. The molecule has 19 heavy (non-hydrogen) atoms. The van der Waals surface area contributed by atoms with Crippen LogP contribution in [0, 0.1) is 0 Å². The van der Waals surface area contributed by atoms with Crippen LogP contribution in [0.15, 0.2) is 30.3 Å². The van der Waals surface area contributed by atoms with Crippen molar-refractivity contribution in [2.24, 2.45) is 0 Å². The second kappa shape index (κ2) is 11.4. The number of aromatic amines is 1. The third kappa shape index (κ3) is 8.39. The van der Waals surface area contributed by atoms with Gasteiger partial charge in [-0.1, -0.05) is 38.0 Å². The van der Waals surface area contributed by atoms with E-state index in [9.17, 15) is 0 Å². The Bertz CT molecular complexity index is 394. The highest BCUT2D eigenvalue weighted by atomic mass is 35.5. The van der Waals surface area contributed by atoms with Gasteiger partial charge in [0.15, 0.2) is 14.3 Å². The summed E-state index contributed by atoms with van der Waals surface area (Å²) in [5.41, 5.74) is 0. The lowest BCUT2D eigenvalue weighted by Gasteiger charge is -2.04. The van der Waals surface area contributed by atoms with Gasteiger partial charge in [0.2, 0.25) is 0 Å². The monoisotopic (exact) mass is 337 g/mol. The molecule has 2 aromatic rings. The summed E-state index contributed by atoms with van der Waals surface area (Å²) in [6, 6.07) is 9.72. The molecule has 0 radical (unpaired) electrons. The Kier molecular flexibility index (Phi) is 10.0. The molecule has 2 rings (SSSR count). The largest absolute Gasteiger partial charge is 0.366 e. The van der Waals surface area contributed by atoms with Crippen LogP contribution in [0.2, 0.25) is 0 Å². The molecule has 106 valence electrons. The van der Waals surface area contributed by atoms with Crippen molar-refractivity contribution in [3.63, 3.8) is 0 Å². The predicted octanol–water partition coefficient (Wildman–Crippen LogP) is 5.24. The number of unbranched alkanes of at least 4 members (excludes halogenated alkanes) is 2. The maximum atomic E-state index is 5.54. The van der Waals surface area contributed by atoms with E-state index in [4.69, 9.17) is 16.4 Å². The molecule has 0 amide bonds. The quantitative estimate of drug-likeness (QED) is 0.599. The average molecular weight is 338 g/mol. The van der Waals surface area contributed by atoms with Gasteiger partial charge in [-0.25, -0.2) is 0 Å². The third-order valence-corrected chi connectivity index (χ3v) is 5.07. The summed E-state index contributed by atoms with van der Waals surface area (Å²) in [6.45, 7) is 2.17. The molecule has 0 saturated heterocycles. The number of aromatic nitrogens is 3. The van der Waals surface area contributed by atoms with E-state index in [1.54, 1.807) is 4.26 Å². The highest BCUT2D eigenvalue weighted by molar-refractivity contribution is 7.44. The Morgan fingerprint density at radius 1 is 1.37 bits per heavy atom. The van der Waals surface area contributed by atoms with Gasteiger partial charge in [-0.05, 0) is 18.6 Å². The number of benzene rings is 1. The first-order valence-corrected chi connectivity index (χ1v) is 9.35. The van der Waals surface area contributed by atoms with Crippen LogP contribution in [0.3, 0.4) is 0 Å². The first-order valence-electron chi connectivity index (χ1n) is 6.12. The minimum atomic E-state index is 0.486. The number of alkyl halides is 1. The fourth-order valence-electron chi connectivity index (χ4n) is 1.15. The molecule has 2 atom stereocenters. The molecular weight excluding hydrogens is 319 g/mol. The molecular formula is C11H19ClN3OP3. The number of nitrogens with zero attached hydrogens (tertiary/aromatic N) is 2. The van der Waals surface area contributed by atoms with Gasteiger partial charge in [0.25, 0.3) is 0 Å². The zero-order valence-electron chi connectivity index (χ0n) is 10.8. The molecule has 1 aromatic heterocycles. The fourth-order valence-corrected chi connectivity index (χ4v) is 4.39. The molecule has 0 aliphatic carbocycles. The Hall–Kier alpha value is -0.390. The zero-order valence-corrected chi connectivity index (χ0v) is 14.5. The molecule has 8 heteroatoms. The van der Waals surface area contributed by atoms with E-state index >= 15 is 0 Å². The lowest BCUT2D eigenvalue weighted by atomic mass is 10.3. The lowest BCUT2D eigenvalue weighted by Crippen LogP contribution is -1.96. The van der Waals surface area contributed by atoms with Gasteiger partial charge in [-0.2, -0.15) is 4.51 Å². The van der Waals surface area contributed by atoms with E-state index in [-0.39, 0.29) is 0 Å². The van der Waals surface area contributed by atoms with Gasteiger partial charge in [0.1, 0.15) is 0 Å². The van der Waals surface area contributed by atoms with Crippen molar-refractivity contribution in [2.45, 2.75) is 26.2 Å². The molecule has 0 fully saturated rings. The van der Waals surface area contributed by atoms with Crippen molar-refractivity contribution in [3.05, 3.63) is 30.3 Å². The van der Waals surface area contributed by atoms with Crippen LogP contribution in [-0.4, -0.2) is 19.2 Å². The van der Waals surface area contributed by atoms with E-state index in [0.29, 0.717) is 17.0 Å². The summed E-state index contributed by atoms with van der Waals surface area (Å²) < 4.78 is 9.07. The highest BCUT2D eigenvalue weighted by Crippen LogP contribution is 2.16. The van der Waals surface area contributed by atoms with Crippen molar-refractivity contribution in [2.75, 3.05) is 5.88 Å². The molecule has 1 heterocycles. The van der Waals surface area contributed by atoms with Gasteiger partial charge >= 0.3 is 0 Å². The van der Waals surface area contributed by atoms with Crippen molar-refractivity contribution >= 4 is 37.1 Å². The lowest BCUT2D eigenvalue weighted by molar-refractivity contribution is 0.277. The molecule has 1 aromatic carbocycles. The minimum absolute atomic E-state index is 0.486. The second-order valence-electron chi connectivity index (χ2n) is 3.61.